The highest BCUT2D eigenvalue weighted by Crippen LogP contribution is 2.26. The molecule has 4 rings (SSSR count). The third-order valence-corrected chi connectivity index (χ3v) is 5.19. The minimum atomic E-state index is 0. The number of ether oxygens (including phenoxy) is 1. The van der Waals surface area contributed by atoms with Crippen molar-refractivity contribution in [2.75, 3.05) is 39.3 Å². The first-order valence-electron chi connectivity index (χ1n) is 8.43. The second kappa shape index (κ2) is 7.52. The van der Waals surface area contributed by atoms with E-state index in [2.05, 4.69) is 52.7 Å². The number of piperidine rings is 1. The molecule has 2 aliphatic heterocycles. The fourth-order valence-electron chi connectivity index (χ4n) is 3.86. The molecule has 1 N–H and O–H groups in total. The van der Waals surface area contributed by atoms with Crippen LogP contribution in [0.2, 0.25) is 0 Å². The summed E-state index contributed by atoms with van der Waals surface area (Å²) < 4.78 is 5.97. The van der Waals surface area contributed by atoms with Gasteiger partial charge in [0.05, 0.1) is 0 Å². The lowest BCUT2D eigenvalue weighted by Gasteiger charge is -2.34. The summed E-state index contributed by atoms with van der Waals surface area (Å²) in [6, 6.07) is 14.8. The summed E-state index contributed by atoms with van der Waals surface area (Å²) >= 11 is 0. The molecule has 0 saturated carbocycles. The van der Waals surface area contributed by atoms with Gasteiger partial charge in [0.15, 0.2) is 0 Å². The molecule has 2 unspecified atom stereocenters. The first-order valence-corrected chi connectivity index (χ1v) is 8.43. The molecule has 0 bridgehead atoms. The zero-order chi connectivity index (χ0) is 14.8. The summed E-state index contributed by atoms with van der Waals surface area (Å²) in [5, 5.41) is 6.04. The maximum atomic E-state index is 5.97. The highest BCUT2D eigenvalue weighted by molar-refractivity contribution is 5.85. The van der Waals surface area contributed by atoms with Crippen molar-refractivity contribution in [3.63, 3.8) is 0 Å². The van der Waals surface area contributed by atoms with Crippen LogP contribution in [-0.4, -0.2) is 44.2 Å². The number of likely N-dealkylation sites (tertiary alicyclic amines) is 1. The molecule has 0 spiro atoms. The van der Waals surface area contributed by atoms with E-state index in [9.17, 15) is 0 Å². The van der Waals surface area contributed by atoms with E-state index in [-0.39, 0.29) is 12.4 Å². The van der Waals surface area contributed by atoms with Gasteiger partial charge >= 0.3 is 0 Å². The Bertz CT molecular complexity index is 648. The number of hydrogen-bond acceptors (Lipinski definition) is 3. The van der Waals surface area contributed by atoms with Crippen molar-refractivity contribution in [1.29, 1.82) is 0 Å². The number of fused-ring (bicyclic) bond motifs is 2. The fraction of sp³-hybridized carbons (Fsp3) is 0.474. The third kappa shape index (κ3) is 3.79. The van der Waals surface area contributed by atoms with E-state index in [1.165, 1.54) is 43.4 Å². The molecular weight excluding hydrogens is 308 g/mol. The van der Waals surface area contributed by atoms with Crippen molar-refractivity contribution in [2.24, 2.45) is 11.8 Å². The van der Waals surface area contributed by atoms with E-state index in [4.69, 9.17) is 4.74 Å². The summed E-state index contributed by atoms with van der Waals surface area (Å²) in [5.74, 6) is 2.75. The monoisotopic (exact) mass is 332 g/mol. The second-order valence-corrected chi connectivity index (χ2v) is 6.63. The minimum absolute atomic E-state index is 0. The smallest absolute Gasteiger partial charge is 0.120 e. The van der Waals surface area contributed by atoms with Gasteiger partial charge in [0.2, 0.25) is 0 Å². The predicted octanol–water partition coefficient (Wildman–Crippen LogP) is 3.18. The molecule has 2 fully saturated rings. The molecule has 4 heteroatoms. The van der Waals surface area contributed by atoms with E-state index in [1.807, 2.05) is 0 Å². The number of nitrogens with one attached hydrogen (secondary N) is 1. The van der Waals surface area contributed by atoms with Crippen LogP contribution in [0, 0.1) is 11.8 Å². The van der Waals surface area contributed by atoms with Crippen molar-refractivity contribution in [3.8, 4) is 5.75 Å². The van der Waals surface area contributed by atoms with Crippen LogP contribution in [0.5, 0.6) is 5.75 Å². The average molecular weight is 333 g/mol. The predicted molar refractivity (Wildman–Crippen MR) is 97.6 cm³/mol. The fourth-order valence-corrected chi connectivity index (χ4v) is 3.86. The van der Waals surface area contributed by atoms with Crippen molar-refractivity contribution in [2.45, 2.75) is 6.42 Å². The van der Waals surface area contributed by atoms with Gasteiger partial charge in [-0.3, -0.25) is 4.90 Å². The molecule has 2 aromatic carbocycles. The van der Waals surface area contributed by atoms with E-state index in [1.54, 1.807) is 0 Å². The topological polar surface area (TPSA) is 24.5 Å². The van der Waals surface area contributed by atoms with Crippen molar-refractivity contribution in [1.82, 2.24) is 10.2 Å². The highest BCUT2D eigenvalue weighted by Gasteiger charge is 2.32. The van der Waals surface area contributed by atoms with Gasteiger partial charge in [-0.25, -0.2) is 0 Å². The highest BCUT2D eigenvalue weighted by atomic mass is 35.5. The second-order valence-electron chi connectivity index (χ2n) is 6.63. The van der Waals surface area contributed by atoms with Crippen molar-refractivity contribution < 1.29 is 4.74 Å². The van der Waals surface area contributed by atoms with Gasteiger partial charge in [0, 0.05) is 13.1 Å². The van der Waals surface area contributed by atoms with Crippen molar-refractivity contribution in [3.05, 3.63) is 42.5 Å². The normalized spacial score (nSPS) is 24.2. The van der Waals surface area contributed by atoms with Gasteiger partial charge in [-0.2, -0.15) is 0 Å². The van der Waals surface area contributed by atoms with Gasteiger partial charge in [0.25, 0.3) is 0 Å². The van der Waals surface area contributed by atoms with Crippen LogP contribution in [0.25, 0.3) is 10.8 Å². The number of benzene rings is 2. The largest absolute Gasteiger partial charge is 0.492 e. The maximum Gasteiger partial charge on any atom is 0.120 e. The molecule has 0 aliphatic carbocycles. The van der Waals surface area contributed by atoms with Gasteiger partial charge in [0.1, 0.15) is 12.4 Å². The summed E-state index contributed by atoms with van der Waals surface area (Å²) in [7, 11) is 0. The third-order valence-electron chi connectivity index (χ3n) is 5.19. The van der Waals surface area contributed by atoms with Crippen LogP contribution in [0.15, 0.2) is 42.5 Å². The van der Waals surface area contributed by atoms with Crippen LogP contribution in [0.4, 0.5) is 0 Å². The standard InChI is InChI=1S/C19H24N2O.ClH/c1-2-4-16-11-19(6-5-15(16)3-1)22-10-9-21-8-7-17-12-20-13-18(17)14-21;/h1-6,11,17-18,20H,7-10,12-14H2;1H. The molecule has 2 atom stereocenters. The Labute approximate surface area is 144 Å². The summed E-state index contributed by atoms with van der Waals surface area (Å²) in [5.41, 5.74) is 0. The SMILES string of the molecule is Cl.c1ccc2cc(OCCN3CCC4CNCC4C3)ccc2c1. The molecule has 2 aromatic rings. The van der Waals surface area contributed by atoms with Crippen LogP contribution in [0.1, 0.15) is 6.42 Å². The first-order chi connectivity index (χ1) is 10.9. The quantitative estimate of drug-likeness (QED) is 0.930. The first kappa shape index (κ1) is 16.6. The summed E-state index contributed by atoms with van der Waals surface area (Å²) in [4.78, 5) is 2.56. The Balaban J connectivity index is 0.00000156. The molecule has 0 radical (unpaired) electrons. The molecule has 124 valence electrons. The molecule has 2 aliphatic rings. The van der Waals surface area contributed by atoms with Crippen LogP contribution in [0.3, 0.4) is 0 Å². The molecule has 3 nitrogen and oxygen atoms in total. The molecule has 0 aromatic heterocycles. The van der Waals surface area contributed by atoms with Crippen LogP contribution < -0.4 is 10.1 Å². The Morgan fingerprint density at radius 3 is 2.78 bits per heavy atom. The summed E-state index contributed by atoms with van der Waals surface area (Å²) in [6.45, 7) is 6.71. The van der Waals surface area contributed by atoms with Crippen LogP contribution >= 0.6 is 12.4 Å². The summed E-state index contributed by atoms with van der Waals surface area (Å²) in [6.07, 6.45) is 1.34. The van der Waals surface area contributed by atoms with Crippen molar-refractivity contribution >= 4 is 23.2 Å². The Morgan fingerprint density at radius 1 is 1.04 bits per heavy atom. The molecule has 0 amide bonds. The van der Waals surface area contributed by atoms with Crippen LogP contribution in [-0.2, 0) is 0 Å². The Morgan fingerprint density at radius 2 is 1.87 bits per heavy atom. The zero-order valence-corrected chi connectivity index (χ0v) is 14.2. The van der Waals surface area contributed by atoms with Gasteiger partial charge < -0.3 is 10.1 Å². The van der Waals surface area contributed by atoms with E-state index in [0.717, 1.165) is 30.7 Å². The number of nitrogens with zero attached hydrogens (tertiary/aromatic N) is 1. The maximum absolute atomic E-state index is 5.97. The number of hydrogen-bond donors (Lipinski definition) is 1. The lowest BCUT2D eigenvalue weighted by atomic mass is 9.89. The van der Waals surface area contributed by atoms with E-state index < -0.39 is 0 Å². The number of rotatable bonds is 4. The zero-order valence-electron chi connectivity index (χ0n) is 13.4. The average Bonchev–Trinajstić information content (AvgIpc) is 3.02. The molecular formula is C19H25ClN2O. The van der Waals surface area contributed by atoms with E-state index >= 15 is 0 Å². The Kier molecular flexibility index (Phi) is 5.42. The molecule has 23 heavy (non-hydrogen) atoms. The van der Waals surface area contributed by atoms with E-state index in [0.29, 0.717) is 0 Å². The van der Waals surface area contributed by atoms with Gasteiger partial charge in [-0.1, -0.05) is 30.3 Å². The molecule has 2 saturated heterocycles. The molecule has 2 heterocycles. The lowest BCUT2D eigenvalue weighted by molar-refractivity contribution is 0.127. The minimum Gasteiger partial charge on any atom is -0.492 e. The lowest BCUT2D eigenvalue weighted by Crippen LogP contribution is -2.41. The van der Waals surface area contributed by atoms with Gasteiger partial charge in [-0.15, -0.1) is 12.4 Å². The Hall–Kier alpha value is -1.29. The van der Waals surface area contributed by atoms with Gasteiger partial charge in [-0.05, 0) is 60.8 Å². The number of halogens is 1.